The van der Waals surface area contributed by atoms with Gasteiger partial charge in [-0.2, -0.15) is 0 Å². The molecule has 0 aliphatic carbocycles. The van der Waals surface area contributed by atoms with Crippen LogP contribution in [0.5, 0.6) is 0 Å². The summed E-state index contributed by atoms with van der Waals surface area (Å²) in [5.41, 5.74) is 1.05. The van der Waals surface area contributed by atoms with Crippen LogP contribution in [0.25, 0.3) is 11.1 Å². The zero-order valence-corrected chi connectivity index (χ0v) is 18.5. The summed E-state index contributed by atoms with van der Waals surface area (Å²) in [6, 6.07) is 10.8. The van der Waals surface area contributed by atoms with Crippen LogP contribution >= 0.6 is 11.6 Å². The van der Waals surface area contributed by atoms with Crippen molar-refractivity contribution in [2.45, 2.75) is 30.4 Å². The third kappa shape index (κ3) is 4.88. The van der Waals surface area contributed by atoms with Gasteiger partial charge in [-0.15, -0.1) is 0 Å². The lowest BCUT2D eigenvalue weighted by molar-refractivity contribution is 0.0490. The van der Waals surface area contributed by atoms with Crippen molar-refractivity contribution >= 4 is 38.7 Å². The molecule has 1 saturated heterocycles. The molecule has 32 heavy (non-hydrogen) atoms. The molecule has 2 heterocycles. The number of hydrogen-bond acceptors (Lipinski definition) is 7. The summed E-state index contributed by atoms with van der Waals surface area (Å²) in [6.45, 7) is 0.712. The SMILES string of the molecule is O=C(OCCn1c(=O)oc2ccccc21)c1ccc(Cl)c(S(=O)(=O)NCC2CCCO2)c1. The first-order valence-electron chi connectivity index (χ1n) is 10.0. The summed E-state index contributed by atoms with van der Waals surface area (Å²) in [5.74, 6) is -1.29. The molecule has 0 spiro atoms. The number of oxazole rings is 1. The first-order valence-corrected chi connectivity index (χ1v) is 11.9. The number of sulfonamides is 1. The molecule has 2 aromatic carbocycles. The molecule has 1 fully saturated rings. The van der Waals surface area contributed by atoms with E-state index in [1.54, 1.807) is 24.3 Å². The third-order valence-corrected chi connectivity index (χ3v) is 7.01. The van der Waals surface area contributed by atoms with Gasteiger partial charge in [-0.25, -0.2) is 22.7 Å². The molecule has 9 nitrogen and oxygen atoms in total. The standard InChI is InChI=1S/C21H21ClN2O7S/c22-16-8-7-14(12-19(16)32(27,28)23-13-15-4-3-10-29-15)20(25)30-11-9-24-17-5-1-2-6-18(17)31-21(24)26/h1-2,5-8,12,15,23H,3-4,9-11,13H2. The maximum absolute atomic E-state index is 12.7. The average molecular weight is 481 g/mol. The lowest BCUT2D eigenvalue weighted by atomic mass is 10.2. The molecule has 1 aromatic heterocycles. The number of nitrogens with zero attached hydrogens (tertiary/aromatic N) is 1. The maximum atomic E-state index is 12.7. The van der Waals surface area contributed by atoms with E-state index in [2.05, 4.69) is 4.72 Å². The van der Waals surface area contributed by atoms with Crippen molar-refractivity contribution in [3.05, 3.63) is 63.6 Å². The Hall–Kier alpha value is -2.66. The van der Waals surface area contributed by atoms with E-state index in [0.29, 0.717) is 17.7 Å². The number of carbonyl (C=O) groups excluding carboxylic acids is 1. The number of rotatable bonds is 8. The number of fused-ring (bicyclic) bond motifs is 1. The van der Waals surface area contributed by atoms with Gasteiger partial charge in [0.25, 0.3) is 0 Å². The quantitative estimate of drug-likeness (QED) is 0.492. The molecule has 3 aromatic rings. The van der Waals surface area contributed by atoms with Gasteiger partial charge >= 0.3 is 11.7 Å². The monoisotopic (exact) mass is 480 g/mol. The lowest BCUT2D eigenvalue weighted by Crippen LogP contribution is -2.32. The third-order valence-electron chi connectivity index (χ3n) is 5.10. The molecule has 4 rings (SSSR count). The van der Waals surface area contributed by atoms with Crippen LogP contribution in [0.15, 0.2) is 56.6 Å². The number of nitrogens with one attached hydrogen (secondary N) is 1. The normalized spacial score (nSPS) is 16.5. The van der Waals surface area contributed by atoms with Gasteiger partial charge in [0.2, 0.25) is 10.0 Å². The van der Waals surface area contributed by atoms with E-state index in [4.69, 9.17) is 25.5 Å². The van der Waals surface area contributed by atoms with Crippen LogP contribution in [0.3, 0.4) is 0 Å². The molecule has 1 unspecified atom stereocenters. The largest absolute Gasteiger partial charge is 0.460 e. The van der Waals surface area contributed by atoms with E-state index in [9.17, 15) is 18.0 Å². The summed E-state index contributed by atoms with van der Waals surface area (Å²) >= 11 is 6.07. The minimum atomic E-state index is -3.95. The highest BCUT2D eigenvalue weighted by molar-refractivity contribution is 7.89. The zero-order valence-electron chi connectivity index (χ0n) is 17.0. The number of aromatic nitrogens is 1. The highest BCUT2D eigenvalue weighted by Crippen LogP contribution is 2.23. The molecule has 0 amide bonds. The fraction of sp³-hybridized carbons (Fsp3) is 0.333. The Morgan fingerprint density at radius 2 is 2.06 bits per heavy atom. The van der Waals surface area contributed by atoms with Crippen molar-refractivity contribution in [1.29, 1.82) is 0 Å². The minimum absolute atomic E-state index is 0.0159. The molecule has 11 heteroatoms. The second-order valence-corrected chi connectivity index (χ2v) is 9.40. The topological polar surface area (TPSA) is 117 Å². The van der Waals surface area contributed by atoms with Crippen LogP contribution < -0.4 is 10.5 Å². The van der Waals surface area contributed by atoms with Crippen LogP contribution in [0, 0.1) is 0 Å². The second kappa shape index (κ2) is 9.45. The highest BCUT2D eigenvalue weighted by atomic mass is 35.5. The number of esters is 1. The summed E-state index contributed by atoms with van der Waals surface area (Å²) in [6.07, 6.45) is 1.48. The first-order chi connectivity index (χ1) is 15.3. The predicted molar refractivity (Wildman–Crippen MR) is 116 cm³/mol. The van der Waals surface area contributed by atoms with E-state index in [-0.39, 0.29) is 41.3 Å². The van der Waals surface area contributed by atoms with Crippen LogP contribution in [0.1, 0.15) is 23.2 Å². The molecular formula is C21H21ClN2O7S. The molecule has 170 valence electrons. The number of ether oxygens (including phenoxy) is 2. The van der Waals surface area contributed by atoms with Gasteiger partial charge in [-0.1, -0.05) is 23.7 Å². The molecule has 0 radical (unpaired) electrons. The van der Waals surface area contributed by atoms with Crippen LogP contribution in [0.2, 0.25) is 5.02 Å². The van der Waals surface area contributed by atoms with Crippen molar-refractivity contribution < 1.29 is 27.1 Å². The number of carbonyl (C=O) groups is 1. The predicted octanol–water partition coefficient (Wildman–Crippen LogP) is 2.56. The van der Waals surface area contributed by atoms with Crippen molar-refractivity contribution in [2.24, 2.45) is 0 Å². The Morgan fingerprint density at radius 3 is 2.84 bits per heavy atom. The van der Waals surface area contributed by atoms with E-state index in [1.807, 2.05) is 0 Å². The Balaban J connectivity index is 1.42. The van der Waals surface area contributed by atoms with Crippen molar-refractivity contribution in [1.82, 2.24) is 9.29 Å². The van der Waals surface area contributed by atoms with E-state index in [1.165, 1.54) is 22.8 Å². The Morgan fingerprint density at radius 1 is 1.25 bits per heavy atom. The fourth-order valence-electron chi connectivity index (χ4n) is 3.46. The zero-order chi connectivity index (χ0) is 22.7. The summed E-state index contributed by atoms with van der Waals surface area (Å²) in [5, 5.41) is -0.0159. The number of para-hydroxylation sites is 2. The Kier molecular flexibility index (Phi) is 6.66. The van der Waals surface area contributed by atoms with Gasteiger partial charge < -0.3 is 13.9 Å². The van der Waals surface area contributed by atoms with E-state index in [0.717, 1.165) is 12.8 Å². The number of benzene rings is 2. The molecule has 0 saturated carbocycles. The number of halogens is 1. The van der Waals surface area contributed by atoms with Crippen molar-refractivity contribution in [2.75, 3.05) is 19.8 Å². The average Bonchev–Trinajstić information content (AvgIpc) is 3.40. The smallest absolute Gasteiger partial charge is 0.420 e. The Labute approximate surface area is 188 Å². The Bertz CT molecular complexity index is 1290. The number of hydrogen-bond donors (Lipinski definition) is 1. The maximum Gasteiger partial charge on any atom is 0.420 e. The van der Waals surface area contributed by atoms with Crippen molar-refractivity contribution in [3.63, 3.8) is 0 Å². The highest BCUT2D eigenvalue weighted by Gasteiger charge is 2.23. The van der Waals surface area contributed by atoms with Crippen LogP contribution in [-0.2, 0) is 26.0 Å². The molecule has 1 aliphatic heterocycles. The fourth-order valence-corrected chi connectivity index (χ4v) is 5.05. The van der Waals surface area contributed by atoms with Gasteiger partial charge in [0.15, 0.2) is 5.58 Å². The van der Waals surface area contributed by atoms with Gasteiger partial charge in [0.1, 0.15) is 11.5 Å². The molecule has 1 N–H and O–H groups in total. The minimum Gasteiger partial charge on any atom is -0.460 e. The van der Waals surface area contributed by atoms with Gasteiger partial charge in [-0.05, 0) is 43.2 Å². The first kappa shape index (κ1) is 22.5. The van der Waals surface area contributed by atoms with Crippen LogP contribution in [-0.4, -0.2) is 44.8 Å². The van der Waals surface area contributed by atoms with E-state index < -0.39 is 21.7 Å². The van der Waals surface area contributed by atoms with Gasteiger partial charge in [0.05, 0.1) is 28.8 Å². The van der Waals surface area contributed by atoms with Crippen LogP contribution in [0.4, 0.5) is 0 Å². The molecule has 1 aliphatic rings. The lowest BCUT2D eigenvalue weighted by Gasteiger charge is -2.13. The second-order valence-electron chi connectivity index (χ2n) is 7.26. The summed E-state index contributed by atoms with van der Waals surface area (Å²) in [7, 11) is -3.95. The molecule has 0 bridgehead atoms. The summed E-state index contributed by atoms with van der Waals surface area (Å²) in [4.78, 5) is 24.2. The van der Waals surface area contributed by atoms with E-state index >= 15 is 0 Å². The van der Waals surface area contributed by atoms with Gasteiger partial charge in [0, 0.05) is 13.2 Å². The summed E-state index contributed by atoms with van der Waals surface area (Å²) < 4.78 is 45.0. The molecule has 1 atom stereocenters. The van der Waals surface area contributed by atoms with Gasteiger partial charge in [-0.3, -0.25) is 4.57 Å². The molecular weight excluding hydrogens is 460 g/mol. The van der Waals surface area contributed by atoms with Crippen molar-refractivity contribution in [3.8, 4) is 0 Å².